The summed E-state index contributed by atoms with van der Waals surface area (Å²) < 4.78 is 45.8. The van der Waals surface area contributed by atoms with Crippen LogP contribution in [0.3, 0.4) is 0 Å². The first-order chi connectivity index (χ1) is 17.2. The van der Waals surface area contributed by atoms with Crippen molar-refractivity contribution in [2.75, 3.05) is 18.5 Å². The number of alkyl halides is 3. The highest BCUT2D eigenvalue weighted by molar-refractivity contribution is 6.05. The SMILES string of the molecule is CC(NC(=O)CN1Cc2cccc(Nc3cnc4c(cnn4C4CCCCO4)c3)c2C1=O)C(F)(F)F. The van der Waals surface area contributed by atoms with E-state index in [9.17, 15) is 22.8 Å². The fraction of sp³-hybridized carbons (Fsp3) is 0.417. The Labute approximate surface area is 204 Å². The normalized spacial score (nSPS) is 18.8. The van der Waals surface area contributed by atoms with E-state index in [-0.39, 0.29) is 12.8 Å². The van der Waals surface area contributed by atoms with E-state index in [1.165, 1.54) is 4.90 Å². The number of carbonyl (C=O) groups is 2. The number of rotatable bonds is 6. The van der Waals surface area contributed by atoms with Gasteiger partial charge in [0.25, 0.3) is 5.91 Å². The molecule has 2 aliphatic heterocycles. The van der Waals surface area contributed by atoms with Gasteiger partial charge in [-0.15, -0.1) is 0 Å². The summed E-state index contributed by atoms with van der Waals surface area (Å²) in [5.41, 5.74) is 2.92. The third-order valence-corrected chi connectivity index (χ3v) is 6.36. The number of pyridine rings is 1. The number of fused-ring (bicyclic) bond motifs is 2. The fourth-order valence-corrected chi connectivity index (χ4v) is 4.49. The first-order valence-corrected chi connectivity index (χ1v) is 11.7. The van der Waals surface area contributed by atoms with E-state index in [1.807, 2.05) is 11.4 Å². The topological polar surface area (TPSA) is 101 Å². The monoisotopic (exact) mass is 502 g/mol. The van der Waals surface area contributed by atoms with Crippen molar-refractivity contribution in [1.29, 1.82) is 0 Å². The smallest absolute Gasteiger partial charge is 0.356 e. The Bertz CT molecular complexity index is 1300. The van der Waals surface area contributed by atoms with Crippen LogP contribution in [0.2, 0.25) is 0 Å². The lowest BCUT2D eigenvalue weighted by atomic mass is 10.1. The number of aromatic nitrogens is 3. The van der Waals surface area contributed by atoms with Gasteiger partial charge in [0.2, 0.25) is 5.91 Å². The first-order valence-electron chi connectivity index (χ1n) is 11.7. The zero-order valence-electron chi connectivity index (χ0n) is 19.5. The molecule has 1 saturated heterocycles. The molecule has 2 N–H and O–H groups in total. The van der Waals surface area contributed by atoms with Crippen LogP contribution >= 0.6 is 0 Å². The van der Waals surface area contributed by atoms with Crippen LogP contribution in [0.4, 0.5) is 24.5 Å². The minimum atomic E-state index is -4.56. The predicted octanol–water partition coefficient (Wildman–Crippen LogP) is 3.90. The molecular formula is C24H25F3N6O3. The molecule has 0 aliphatic carbocycles. The maximum absolute atomic E-state index is 13.1. The Balaban J connectivity index is 1.31. The molecule has 4 heterocycles. The van der Waals surface area contributed by atoms with E-state index < -0.39 is 30.6 Å². The minimum absolute atomic E-state index is 0.128. The number of halogens is 3. The Morgan fingerprint density at radius 1 is 1.28 bits per heavy atom. The van der Waals surface area contributed by atoms with E-state index in [4.69, 9.17) is 4.74 Å². The first kappa shape index (κ1) is 24.0. The second-order valence-corrected chi connectivity index (χ2v) is 9.00. The molecule has 2 atom stereocenters. The van der Waals surface area contributed by atoms with Gasteiger partial charge in [-0.1, -0.05) is 12.1 Å². The molecule has 12 heteroatoms. The zero-order chi connectivity index (χ0) is 25.4. The van der Waals surface area contributed by atoms with Crippen LogP contribution in [-0.4, -0.2) is 56.8 Å². The van der Waals surface area contributed by atoms with Crippen molar-refractivity contribution in [3.8, 4) is 0 Å². The van der Waals surface area contributed by atoms with Crippen molar-refractivity contribution in [3.05, 3.63) is 47.8 Å². The van der Waals surface area contributed by atoms with Crippen LogP contribution in [0.15, 0.2) is 36.7 Å². The van der Waals surface area contributed by atoms with Crippen LogP contribution in [0.5, 0.6) is 0 Å². The maximum atomic E-state index is 13.1. The molecular weight excluding hydrogens is 477 g/mol. The molecule has 1 aromatic carbocycles. The predicted molar refractivity (Wildman–Crippen MR) is 124 cm³/mol. The molecule has 0 radical (unpaired) electrons. The number of nitrogens with zero attached hydrogens (tertiary/aromatic N) is 4. The number of benzene rings is 1. The summed E-state index contributed by atoms with van der Waals surface area (Å²) in [5, 5.41) is 10.4. The highest BCUT2D eigenvalue weighted by Gasteiger charge is 2.38. The number of carbonyl (C=O) groups excluding carboxylic acids is 2. The fourth-order valence-electron chi connectivity index (χ4n) is 4.49. The summed E-state index contributed by atoms with van der Waals surface area (Å²) in [6.07, 6.45) is 1.64. The van der Waals surface area contributed by atoms with Gasteiger partial charge in [-0.05, 0) is 43.9 Å². The quantitative estimate of drug-likeness (QED) is 0.530. The molecule has 36 heavy (non-hydrogen) atoms. The van der Waals surface area contributed by atoms with Gasteiger partial charge < -0.3 is 20.3 Å². The Kier molecular flexibility index (Phi) is 6.29. The van der Waals surface area contributed by atoms with E-state index in [0.717, 1.165) is 31.6 Å². The number of hydrogen-bond acceptors (Lipinski definition) is 6. The Morgan fingerprint density at radius 3 is 2.86 bits per heavy atom. The summed E-state index contributed by atoms with van der Waals surface area (Å²) in [4.78, 5) is 31.0. The number of amides is 2. The molecule has 3 aromatic rings. The number of nitrogens with one attached hydrogen (secondary N) is 2. The number of ether oxygens (including phenoxy) is 1. The van der Waals surface area contributed by atoms with Crippen LogP contribution in [0.1, 0.15) is 48.3 Å². The molecule has 1 fully saturated rings. The van der Waals surface area contributed by atoms with Gasteiger partial charge in [-0.25, -0.2) is 9.67 Å². The molecule has 5 rings (SSSR count). The van der Waals surface area contributed by atoms with Crippen molar-refractivity contribution >= 4 is 34.2 Å². The van der Waals surface area contributed by atoms with Gasteiger partial charge in [-0.3, -0.25) is 9.59 Å². The molecule has 2 aromatic heterocycles. The summed E-state index contributed by atoms with van der Waals surface area (Å²) in [5.74, 6) is -1.30. The van der Waals surface area contributed by atoms with Gasteiger partial charge in [0.15, 0.2) is 11.9 Å². The molecule has 9 nitrogen and oxygen atoms in total. The standard InChI is InChI=1S/C24H25F3N6O3/c1-14(24(25,26)27)30-19(34)13-32-12-15-5-4-6-18(21(15)23(32)35)31-17-9-16-10-29-33(22(16)28-11-17)20-7-2-3-8-36-20/h4-6,9-11,14,20,31H,2-3,7-8,12-13H2,1H3,(H,30,34). The van der Waals surface area contributed by atoms with Gasteiger partial charge in [-0.2, -0.15) is 18.3 Å². The van der Waals surface area contributed by atoms with Crippen LogP contribution < -0.4 is 10.6 Å². The van der Waals surface area contributed by atoms with Crippen molar-refractivity contribution in [2.45, 2.75) is 51.2 Å². The number of anilines is 2. The number of hydrogen-bond donors (Lipinski definition) is 2. The third-order valence-electron chi connectivity index (χ3n) is 6.36. The second-order valence-electron chi connectivity index (χ2n) is 9.00. The largest absolute Gasteiger partial charge is 0.408 e. The van der Waals surface area contributed by atoms with Crippen molar-refractivity contribution in [3.63, 3.8) is 0 Å². The maximum Gasteiger partial charge on any atom is 0.408 e. The van der Waals surface area contributed by atoms with Crippen LogP contribution in [0.25, 0.3) is 11.0 Å². The highest BCUT2D eigenvalue weighted by atomic mass is 19.4. The zero-order valence-corrected chi connectivity index (χ0v) is 19.5. The van der Waals surface area contributed by atoms with Crippen molar-refractivity contribution in [2.24, 2.45) is 0 Å². The van der Waals surface area contributed by atoms with Crippen LogP contribution in [0, 0.1) is 0 Å². The minimum Gasteiger partial charge on any atom is -0.356 e. The lowest BCUT2D eigenvalue weighted by molar-refractivity contribution is -0.158. The van der Waals surface area contributed by atoms with Crippen molar-refractivity contribution < 1.29 is 27.5 Å². The van der Waals surface area contributed by atoms with Crippen molar-refractivity contribution in [1.82, 2.24) is 25.0 Å². The van der Waals surface area contributed by atoms with Gasteiger partial charge in [0.05, 0.1) is 29.3 Å². The average Bonchev–Trinajstić information content (AvgIpc) is 3.40. The van der Waals surface area contributed by atoms with E-state index in [1.54, 1.807) is 35.3 Å². The Morgan fingerprint density at radius 2 is 2.11 bits per heavy atom. The molecule has 0 saturated carbocycles. The summed E-state index contributed by atoms with van der Waals surface area (Å²) in [7, 11) is 0. The average molecular weight is 502 g/mol. The molecule has 2 aliphatic rings. The molecule has 190 valence electrons. The summed E-state index contributed by atoms with van der Waals surface area (Å²) in [6, 6.07) is 5.13. The molecule has 2 unspecified atom stereocenters. The third kappa shape index (κ3) is 4.72. The van der Waals surface area contributed by atoms with E-state index in [2.05, 4.69) is 15.4 Å². The van der Waals surface area contributed by atoms with Gasteiger partial charge in [0.1, 0.15) is 12.6 Å². The van der Waals surface area contributed by atoms with Gasteiger partial charge >= 0.3 is 6.18 Å². The summed E-state index contributed by atoms with van der Waals surface area (Å²) >= 11 is 0. The van der Waals surface area contributed by atoms with Gasteiger partial charge in [0, 0.05) is 18.5 Å². The molecule has 0 spiro atoms. The lowest BCUT2D eigenvalue weighted by Gasteiger charge is -2.23. The second kappa shape index (κ2) is 9.41. The highest BCUT2D eigenvalue weighted by Crippen LogP contribution is 2.32. The molecule has 0 bridgehead atoms. The van der Waals surface area contributed by atoms with E-state index >= 15 is 0 Å². The van der Waals surface area contributed by atoms with Crippen LogP contribution in [-0.2, 0) is 16.1 Å². The Hall–Kier alpha value is -3.67. The van der Waals surface area contributed by atoms with E-state index in [0.29, 0.717) is 34.8 Å². The molecule has 2 amide bonds. The lowest BCUT2D eigenvalue weighted by Crippen LogP contribution is -2.47. The summed E-state index contributed by atoms with van der Waals surface area (Å²) in [6.45, 7) is 1.21.